The minimum atomic E-state index is -1.02. The van der Waals surface area contributed by atoms with Crippen LogP contribution < -0.4 is 9.47 Å². The minimum absolute atomic E-state index is 0.263. The highest BCUT2D eigenvalue weighted by Gasteiger charge is 2.21. The van der Waals surface area contributed by atoms with Gasteiger partial charge in [-0.1, -0.05) is 60.7 Å². The van der Waals surface area contributed by atoms with Crippen LogP contribution in [0.15, 0.2) is 128 Å². The number of benzene rings is 4. The van der Waals surface area contributed by atoms with E-state index in [9.17, 15) is 19.8 Å². The molecule has 5 rings (SSSR count). The van der Waals surface area contributed by atoms with E-state index in [0.29, 0.717) is 11.5 Å². The van der Waals surface area contributed by atoms with E-state index in [1.807, 2.05) is 108 Å². The third-order valence-electron chi connectivity index (χ3n) is 6.65. The number of nitrogens with zero attached hydrogens (tertiary/aromatic N) is 1. The number of aliphatic carboxylic acids is 2. The molecule has 0 saturated carbocycles. The van der Waals surface area contributed by atoms with E-state index in [1.54, 1.807) is 24.3 Å². The molecule has 0 aliphatic carbocycles. The molecule has 2 atom stereocenters. The molecule has 7 nitrogen and oxygen atoms in total. The predicted octanol–water partition coefficient (Wildman–Crippen LogP) is 6.29. The SMILES string of the molecule is O=C(O)[C@@H](Cc1ccccc1)Oc1ccc(-c2cccn2-c2ccc(O[C@H](Cc3ccccc3)C(=O)O)cc2)cc1. The van der Waals surface area contributed by atoms with Crippen LogP contribution in [0.5, 0.6) is 11.5 Å². The molecule has 2 N–H and O–H groups in total. The molecule has 0 saturated heterocycles. The summed E-state index contributed by atoms with van der Waals surface area (Å²) in [5.41, 5.74) is 4.50. The zero-order chi connectivity index (χ0) is 28.6. The molecule has 0 amide bonds. The summed E-state index contributed by atoms with van der Waals surface area (Å²) in [6, 6.07) is 37.3. The van der Waals surface area contributed by atoms with Gasteiger partial charge in [-0.15, -0.1) is 0 Å². The summed E-state index contributed by atoms with van der Waals surface area (Å²) in [5, 5.41) is 19.3. The van der Waals surface area contributed by atoms with Crippen molar-refractivity contribution in [1.29, 1.82) is 0 Å². The molecule has 1 aromatic heterocycles. The Hall–Kier alpha value is -5.30. The van der Waals surface area contributed by atoms with E-state index in [0.717, 1.165) is 28.1 Å². The maximum Gasteiger partial charge on any atom is 0.345 e. The lowest BCUT2D eigenvalue weighted by molar-refractivity contribution is -0.145. The molecule has 0 fully saturated rings. The number of hydrogen-bond acceptors (Lipinski definition) is 4. The van der Waals surface area contributed by atoms with E-state index in [-0.39, 0.29) is 12.8 Å². The second-order valence-corrected chi connectivity index (χ2v) is 9.55. The van der Waals surface area contributed by atoms with Crippen molar-refractivity contribution in [2.75, 3.05) is 0 Å². The summed E-state index contributed by atoms with van der Waals surface area (Å²) in [6.45, 7) is 0. The van der Waals surface area contributed by atoms with Crippen molar-refractivity contribution < 1.29 is 29.3 Å². The van der Waals surface area contributed by atoms with Crippen LogP contribution in [0.1, 0.15) is 11.1 Å². The van der Waals surface area contributed by atoms with Crippen molar-refractivity contribution in [3.8, 4) is 28.4 Å². The Morgan fingerprint density at radius 1 is 0.585 bits per heavy atom. The first kappa shape index (κ1) is 27.3. The van der Waals surface area contributed by atoms with Crippen LogP contribution >= 0.6 is 0 Å². The quantitative estimate of drug-likeness (QED) is 0.190. The van der Waals surface area contributed by atoms with Gasteiger partial charge in [-0.2, -0.15) is 0 Å². The highest BCUT2D eigenvalue weighted by molar-refractivity contribution is 5.74. The van der Waals surface area contributed by atoms with E-state index in [4.69, 9.17) is 9.47 Å². The number of rotatable bonds is 12. The van der Waals surface area contributed by atoms with Gasteiger partial charge in [-0.3, -0.25) is 0 Å². The molecular weight excluding hydrogens is 518 g/mol. The van der Waals surface area contributed by atoms with Crippen LogP contribution in [-0.4, -0.2) is 38.9 Å². The highest BCUT2D eigenvalue weighted by atomic mass is 16.5. The lowest BCUT2D eigenvalue weighted by Crippen LogP contribution is -2.29. The number of carboxylic acids is 2. The average molecular weight is 548 g/mol. The van der Waals surface area contributed by atoms with Gasteiger partial charge in [0.2, 0.25) is 0 Å². The molecule has 0 unspecified atom stereocenters. The van der Waals surface area contributed by atoms with E-state index in [1.165, 1.54) is 0 Å². The standard InChI is InChI=1S/C34H29NO6/c36-33(37)31(22-24-8-3-1-4-9-24)40-28-17-13-26(14-18-28)30-12-7-21-35(30)27-15-19-29(20-16-27)41-32(34(38)39)23-25-10-5-2-6-11-25/h1-21,31-32H,22-23H2,(H,36,37)(H,38,39)/t31-,32-/m1/s1. The Labute approximate surface area is 237 Å². The van der Waals surface area contributed by atoms with Crippen LogP contribution in [0.2, 0.25) is 0 Å². The van der Waals surface area contributed by atoms with Crippen molar-refractivity contribution in [3.63, 3.8) is 0 Å². The molecule has 4 aromatic carbocycles. The Kier molecular flexibility index (Phi) is 8.45. The van der Waals surface area contributed by atoms with Gasteiger partial charge in [0.05, 0.1) is 5.69 Å². The molecule has 206 valence electrons. The molecular formula is C34H29NO6. The third-order valence-corrected chi connectivity index (χ3v) is 6.65. The summed E-state index contributed by atoms with van der Waals surface area (Å²) in [7, 11) is 0. The van der Waals surface area contributed by atoms with Gasteiger partial charge < -0.3 is 24.3 Å². The van der Waals surface area contributed by atoms with Crippen molar-refractivity contribution in [1.82, 2.24) is 4.57 Å². The number of hydrogen-bond donors (Lipinski definition) is 2. The van der Waals surface area contributed by atoms with Crippen molar-refractivity contribution in [2.45, 2.75) is 25.0 Å². The maximum atomic E-state index is 11.8. The topological polar surface area (TPSA) is 98.0 Å². The van der Waals surface area contributed by atoms with Gasteiger partial charge in [-0.05, 0) is 77.4 Å². The number of carbonyl (C=O) groups is 2. The van der Waals surface area contributed by atoms with Crippen LogP contribution in [0, 0.1) is 0 Å². The summed E-state index contributed by atoms with van der Waals surface area (Å²) >= 11 is 0. The van der Waals surface area contributed by atoms with Gasteiger partial charge in [0.15, 0.2) is 12.2 Å². The van der Waals surface area contributed by atoms with E-state index < -0.39 is 24.1 Å². The Morgan fingerprint density at radius 2 is 1.05 bits per heavy atom. The van der Waals surface area contributed by atoms with Crippen molar-refractivity contribution >= 4 is 11.9 Å². The zero-order valence-corrected chi connectivity index (χ0v) is 22.2. The molecule has 0 spiro atoms. The van der Waals surface area contributed by atoms with E-state index >= 15 is 0 Å². The Morgan fingerprint density at radius 3 is 1.51 bits per heavy atom. The van der Waals surface area contributed by atoms with Gasteiger partial charge in [0.1, 0.15) is 11.5 Å². The highest BCUT2D eigenvalue weighted by Crippen LogP contribution is 2.28. The number of carboxylic acid groups (broad SMARTS) is 2. The molecule has 7 heteroatoms. The largest absolute Gasteiger partial charge is 0.478 e. The smallest absolute Gasteiger partial charge is 0.345 e. The third kappa shape index (κ3) is 7.02. The van der Waals surface area contributed by atoms with Crippen LogP contribution in [0.3, 0.4) is 0 Å². The second kappa shape index (κ2) is 12.7. The first-order valence-electron chi connectivity index (χ1n) is 13.2. The fourth-order valence-electron chi connectivity index (χ4n) is 4.57. The molecule has 5 aromatic rings. The average Bonchev–Trinajstić information content (AvgIpc) is 3.48. The maximum absolute atomic E-state index is 11.8. The van der Waals surface area contributed by atoms with E-state index in [2.05, 4.69) is 0 Å². The molecule has 0 radical (unpaired) electrons. The van der Waals surface area contributed by atoms with Crippen LogP contribution in [0.4, 0.5) is 0 Å². The predicted molar refractivity (Wildman–Crippen MR) is 156 cm³/mol. The van der Waals surface area contributed by atoms with Gasteiger partial charge >= 0.3 is 11.9 Å². The molecule has 0 bridgehead atoms. The van der Waals surface area contributed by atoms with Gasteiger partial charge in [0, 0.05) is 24.7 Å². The number of ether oxygens (including phenoxy) is 2. The first-order chi connectivity index (χ1) is 20.0. The summed E-state index contributed by atoms with van der Waals surface area (Å²) < 4.78 is 13.6. The monoisotopic (exact) mass is 547 g/mol. The fourth-order valence-corrected chi connectivity index (χ4v) is 4.57. The zero-order valence-electron chi connectivity index (χ0n) is 22.2. The Balaban J connectivity index is 1.27. The lowest BCUT2D eigenvalue weighted by atomic mass is 10.1. The van der Waals surface area contributed by atoms with Crippen LogP contribution in [-0.2, 0) is 22.4 Å². The summed E-state index contributed by atoms with van der Waals surface area (Å²) in [4.78, 5) is 23.6. The first-order valence-corrected chi connectivity index (χ1v) is 13.2. The second-order valence-electron chi connectivity index (χ2n) is 9.55. The number of aromatic nitrogens is 1. The molecule has 0 aliphatic rings. The fraction of sp³-hybridized carbons (Fsp3) is 0.118. The summed E-state index contributed by atoms with van der Waals surface area (Å²) in [6.07, 6.45) is 0.463. The molecule has 41 heavy (non-hydrogen) atoms. The normalized spacial score (nSPS) is 12.3. The van der Waals surface area contributed by atoms with Crippen molar-refractivity contribution in [2.24, 2.45) is 0 Å². The molecule has 1 heterocycles. The summed E-state index contributed by atoms with van der Waals surface area (Å²) in [5.74, 6) is -1.10. The molecule has 0 aliphatic heterocycles. The van der Waals surface area contributed by atoms with Gasteiger partial charge in [-0.25, -0.2) is 9.59 Å². The minimum Gasteiger partial charge on any atom is -0.478 e. The van der Waals surface area contributed by atoms with Gasteiger partial charge in [0.25, 0.3) is 0 Å². The van der Waals surface area contributed by atoms with Crippen LogP contribution in [0.25, 0.3) is 16.9 Å². The van der Waals surface area contributed by atoms with Crippen molar-refractivity contribution in [3.05, 3.63) is 139 Å². The lowest BCUT2D eigenvalue weighted by Gasteiger charge is -2.17. The Bertz CT molecular complexity index is 1460.